The predicted molar refractivity (Wildman–Crippen MR) is 62.9 cm³/mol. The summed E-state index contributed by atoms with van der Waals surface area (Å²) >= 11 is 0. The molecule has 1 amide bonds. The highest BCUT2D eigenvalue weighted by atomic mass is 16.5. The molecule has 0 aromatic heterocycles. The molecule has 1 rings (SSSR count). The Morgan fingerprint density at radius 3 is 2.35 bits per heavy atom. The van der Waals surface area contributed by atoms with Gasteiger partial charge in [0.25, 0.3) is 5.91 Å². The van der Waals surface area contributed by atoms with Crippen LogP contribution in [-0.4, -0.2) is 25.2 Å². The van der Waals surface area contributed by atoms with Crippen molar-refractivity contribution in [3.63, 3.8) is 0 Å². The van der Waals surface area contributed by atoms with Crippen molar-refractivity contribution >= 4 is 5.91 Å². The summed E-state index contributed by atoms with van der Waals surface area (Å²) in [4.78, 5) is 11.3. The fraction of sp³-hybridized carbons (Fsp3) is 0.417. The minimum atomic E-state index is -1.68. The molecule has 1 aromatic carbocycles. The molecule has 0 bridgehead atoms. The van der Waals surface area contributed by atoms with E-state index >= 15 is 0 Å². The van der Waals surface area contributed by atoms with Gasteiger partial charge in [0, 0.05) is 0 Å². The smallest absolute Gasteiger partial charge is 0.254 e. The van der Waals surface area contributed by atoms with Crippen molar-refractivity contribution < 1.29 is 19.4 Å². The van der Waals surface area contributed by atoms with Crippen LogP contribution in [0.3, 0.4) is 0 Å². The number of methoxy groups -OCH3 is 2. The van der Waals surface area contributed by atoms with Gasteiger partial charge in [-0.05, 0) is 24.1 Å². The standard InChI is InChI=1S/C12H17NO4/c1-4-12(15,11(13)14)8-5-6-9(16-2)10(7-8)17-3/h5-7,15H,4H2,1-3H3,(H2,13,14). The van der Waals surface area contributed by atoms with Crippen LogP contribution in [0, 0.1) is 0 Å². The van der Waals surface area contributed by atoms with E-state index in [4.69, 9.17) is 15.2 Å². The van der Waals surface area contributed by atoms with Crippen molar-refractivity contribution in [3.8, 4) is 11.5 Å². The summed E-state index contributed by atoms with van der Waals surface area (Å²) in [5, 5.41) is 10.2. The van der Waals surface area contributed by atoms with E-state index in [-0.39, 0.29) is 6.42 Å². The molecule has 5 nitrogen and oxygen atoms in total. The Morgan fingerprint density at radius 1 is 1.35 bits per heavy atom. The van der Waals surface area contributed by atoms with Crippen molar-refractivity contribution in [2.45, 2.75) is 18.9 Å². The molecule has 0 fully saturated rings. The van der Waals surface area contributed by atoms with Crippen molar-refractivity contribution in [2.75, 3.05) is 14.2 Å². The van der Waals surface area contributed by atoms with Crippen LogP contribution < -0.4 is 15.2 Å². The van der Waals surface area contributed by atoms with E-state index in [1.165, 1.54) is 14.2 Å². The van der Waals surface area contributed by atoms with Gasteiger partial charge in [-0.2, -0.15) is 0 Å². The second-order valence-corrected chi connectivity index (χ2v) is 3.65. The zero-order valence-corrected chi connectivity index (χ0v) is 10.2. The van der Waals surface area contributed by atoms with Gasteiger partial charge in [-0.1, -0.05) is 13.0 Å². The molecule has 0 spiro atoms. The Bertz CT molecular complexity index is 419. The fourth-order valence-electron chi connectivity index (χ4n) is 1.61. The number of aliphatic hydroxyl groups is 1. The molecule has 94 valence electrons. The second kappa shape index (κ2) is 5.05. The summed E-state index contributed by atoms with van der Waals surface area (Å²) in [6.07, 6.45) is 0.192. The first kappa shape index (κ1) is 13.3. The minimum absolute atomic E-state index is 0.192. The van der Waals surface area contributed by atoms with Crippen LogP contribution in [0.5, 0.6) is 11.5 Å². The first-order chi connectivity index (χ1) is 7.99. The third-order valence-corrected chi connectivity index (χ3v) is 2.78. The number of nitrogens with two attached hydrogens (primary N) is 1. The summed E-state index contributed by atoms with van der Waals surface area (Å²) in [6.45, 7) is 1.68. The molecule has 0 aliphatic rings. The third kappa shape index (κ3) is 2.34. The van der Waals surface area contributed by atoms with Gasteiger partial charge in [-0.25, -0.2) is 0 Å². The van der Waals surface area contributed by atoms with Crippen molar-refractivity contribution in [3.05, 3.63) is 23.8 Å². The summed E-state index contributed by atoms with van der Waals surface area (Å²) in [5.41, 5.74) is 3.93. The van der Waals surface area contributed by atoms with Crippen LogP contribution in [0.2, 0.25) is 0 Å². The van der Waals surface area contributed by atoms with E-state index in [2.05, 4.69) is 0 Å². The normalized spacial score (nSPS) is 13.9. The Morgan fingerprint density at radius 2 is 1.94 bits per heavy atom. The lowest BCUT2D eigenvalue weighted by molar-refractivity contribution is -0.137. The molecular formula is C12H17NO4. The summed E-state index contributed by atoms with van der Waals surface area (Å²) < 4.78 is 10.2. The molecule has 1 atom stereocenters. The molecule has 0 radical (unpaired) electrons. The third-order valence-electron chi connectivity index (χ3n) is 2.78. The number of rotatable bonds is 5. The molecule has 0 aliphatic carbocycles. The highest BCUT2D eigenvalue weighted by Gasteiger charge is 2.34. The van der Waals surface area contributed by atoms with E-state index < -0.39 is 11.5 Å². The van der Waals surface area contributed by atoms with E-state index in [1.807, 2.05) is 0 Å². The molecule has 5 heteroatoms. The SMILES string of the molecule is CCC(O)(C(N)=O)c1ccc(OC)c(OC)c1. The number of amides is 1. The molecular weight excluding hydrogens is 222 g/mol. The van der Waals surface area contributed by atoms with Crippen LogP contribution in [0.1, 0.15) is 18.9 Å². The van der Waals surface area contributed by atoms with Crippen LogP contribution in [-0.2, 0) is 10.4 Å². The van der Waals surface area contributed by atoms with E-state index in [0.717, 1.165) is 0 Å². The molecule has 3 N–H and O–H groups in total. The summed E-state index contributed by atoms with van der Waals surface area (Å²) in [5.74, 6) is 0.185. The molecule has 0 saturated carbocycles. The van der Waals surface area contributed by atoms with Gasteiger partial charge in [0.15, 0.2) is 17.1 Å². The summed E-state index contributed by atoms with van der Waals surface area (Å²) in [6, 6.07) is 4.76. The molecule has 0 heterocycles. The van der Waals surface area contributed by atoms with Gasteiger partial charge < -0.3 is 20.3 Å². The van der Waals surface area contributed by atoms with E-state index in [9.17, 15) is 9.90 Å². The number of primary amides is 1. The molecule has 17 heavy (non-hydrogen) atoms. The zero-order valence-electron chi connectivity index (χ0n) is 10.2. The minimum Gasteiger partial charge on any atom is -0.493 e. The quantitative estimate of drug-likeness (QED) is 0.795. The summed E-state index contributed by atoms with van der Waals surface area (Å²) in [7, 11) is 2.99. The lowest BCUT2D eigenvalue weighted by atomic mass is 9.90. The first-order valence-electron chi connectivity index (χ1n) is 5.24. The Labute approximate surface area is 100 Å². The molecule has 1 aromatic rings. The van der Waals surface area contributed by atoms with E-state index in [0.29, 0.717) is 17.1 Å². The number of carbonyl (C=O) groups is 1. The molecule has 1 unspecified atom stereocenters. The Kier molecular flexibility index (Phi) is 3.96. The number of ether oxygens (including phenoxy) is 2. The average Bonchev–Trinajstić information content (AvgIpc) is 2.36. The van der Waals surface area contributed by atoms with Crippen molar-refractivity contribution in [2.24, 2.45) is 5.73 Å². The molecule has 0 saturated heterocycles. The lowest BCUT2D eigenvalue weighted by Gasteiger charge is -2.24. The van der Waals surface area contributed by atoms with Crippen LogP contribution in [0.4, 0.5) is 0 Å². The molecule has 0 aliphatic heterocycles. The number of hydrogen-bond acceptors (Lipinski definition) is 4. The maximum absolute atomic E-state index is 11.3. The van der Waals surface area contributed by atoms with E-state index in [1.54, 1.807) is 25.1 Å². The van der Waals surface area contributed by atoms with Crippen LogP contribution in [0.25, 0.3) is 0 Å². The largest absolute Gasteiger partial charge is 0.493 e. The Balaban J connectivity index is 3.27. The fourth-order valence-corrected chi connectivity index (χ4v) is 1.61. The van der Waals surface area contributed by atoms with Crippen molar-refractivity contribution in [1.82, 2.24) is 0 Å². The Hall–Kier alpha value is -1.75. The zero-order chi connectivity index (χ0) is 13.1. The number of hydrogen-bond donors (Lipinski definition) is 2. The van der Waals surface area contributed by atoms with Crippen molar-refractivity contribution in [1.29, 1.82) is 0 Å². The maximum atomic E-state index is 11.3. The van der Waals surface area contributed by atoms with Gasteiger partial charge in [-0.15, -0.1) is 0 Å². The first-order valence-corrected chi connectivity index (χ1v) is 5.24. The van der Waals surface area contributed by atoms with Crippen LogP contribution >= 0.6 is 0 Å². The monoisotopic (exact) mass is 239 g/mol. The van der Waals surface area contributed by atoms with Gasteiger partial charge in [0.1, 0.15) is 0 Å². The highest BCUT2D eigenvalue weighted by Crippen LogP contribution is 2.33. The predicted octanol–water partition coefficient (Wildman–Crippen LogP) is 0.787. The maximum Gasteiger partial charge on any atom is 0.254 e. The highest BCUT2D eigenvalue weighted by molar-refractivity contribution is 5.84. The number of carbonyl (C=O) groups excluding carboxylic acids is 1. The van der Waals surface area contributed by atoms with Gasteiger partial charge >= 0.3 is 0 Å². The van der Waals surface area contributed by atoms with Gasteiger partial charge in [0.2, 0.25) is 0 Å². The second-order valence-electron chi connectivity index (χ2n) is 3.65. The number of benzene rings is 1. The average molecular weight is 239 g/mol. The van der Waals surface area contributed by atoms with Crippen LogP contribution in [0.15, 0.2) is 18.2 Å². The van der Waals surface area contributed by atoms with Gasteiger partial charge in [0.05, 0.1) is 14.2 Å². The van der Waals surface area contributed by atoms with Gasteiger partial charge in [-0.3, -0.25) is 4.79 Å². The topological polar surface area (TPSA) is 81.8 Å². The lowest BCUT2D eigenvalue weighted by Crippen LogP contribution is -2.40.